The molecule has 74 valence electrons. The summed E-state index contributed by atoms with van der Waals surface area (Å²) in [6.07, 6.45) is 3.58. The number of likely N-dealkylation sites (N-methyl/N-ethyl adjacent to an activating group) is 1. The van der Waals surface area contributed by atoms with Gasteiger partial charge in [-0.3, -0.25) is 0 Å². The van der Waals surface area contributed by atoms with Gasteiger partial charge < -0.3 is 10.6 Å². The lowest BCUT2D eigenvalue weighted by molar-refractivity contribution is 0.265. The van der Waals surface area contributed by atoms with E-state index >= 15 is 0 Å². The molecule has 0 aliphatic rings. The quantitative estimate of drug-likeness (QED) is 0.635. The predicted molar refractivity (Wildman–Crippen MR) is 55.3 cm³/mol. The summed E-state index contributed by atoms with van der Waals surface area (Å²) in [6, 6.07) is 0.376. The van der Waals surface area contributed by atoms with E-state index < -0.39 is 0 Å². The standard InChI is InChI=1S/C10H24N2/c1-4-7-10(11)9-12(6-3)8-5-2/h10H,4-9,11H2,1-3H3. The van der Waals surface area contributed by atoms with Crippen LogP contribution in [0.1, 0.15) is 40.0 Å². The number of hydrogen-bond acceptors (Lipinski definition) is 2. The monoisotopic (exact) mass is 172 g/mol. The van der Waals surface area contributed by atoms with Crippen molar-refractivity contribution in [1.82, 2.24) is 4.90 Å². The fourth-order valence-electron chi connectivity index (χ4n) is 1.49. The Hall–Kier alpha value is -0.0800. The van der Waals surface area contributed by atoms with Crippen LogP contribution in [0.3, 0.4) is 0 Å². The molecule has 0 aromatic carbocycles. The molecule has 0 aromatic rings. The van der Waals surface area contributed by atoms with Gasteiger partial charge in [-0.25, -0.2) is 0 Å². The average molecular weight is 172 g/mol. The molecule has 0 saturated carbocycles. The highest BCUT2D eigenvalue weighted by atomic mass is 15.1. The van der Waals surface area contributed by atoms with Crippen molar-refractivity contribution in [2.75, 3.05) is 19.6 Å². The van der Waals surface area contributed by atoms with Crippen molar-refractivity contribution in [2.45, 2.75) is 46.1 Å². The maximum Gasteiger partial charge on any atom is 0.0167 e. The summed E-state index contributed by atoms with van der Waals surface area (Å²) in [6.45, 7) is 10.00. The van der Waals surface area contributed by atoms with Gasteiger partial charge >= 0.3 is 0 Å². The molecule has 0 bridgehead atoms. The van der Waals surface area contributed by atoms with E-state index in [9.17, 15) is 0 Å². The fourth-order valence-corrected chi connectivity index (χ4v) is 1.49. The van der Waals surface area contributed by atoms with Gasteiger partial charge in [0.2, 0.25) is 0 Å². The van der Waals surface area contributed by atoms with Crippen LogP contribution in [0.2, 0.25) is 0 Å². The number of nitrogens with zero attached hydrogens (tertiary/aromatic N) is 1. The van der Waals surface area contributed by atoms with Crippen molar-refractivity contribution >= 4 is 0 Å². The Morgan fingerprint density at radius 1 is 1.17 bits per heavy atom. The zero-order valence-corrected chi connectivity index (χ0v) is 8.84. The molecule has 0 aromatic heterocycles. The highest BCUT2D eigenvalue weighted by Crippen LogP contribution is 1.98. The third kappa shape index (κ3) is 5.56. The molecule has 0 aliphatic carbocycles. The molecule has 0 heterocycles. The van der Waals surface area contributed by atoms with E-state index in [4.69, 9.17) is 5.73 Å². The maximum atomic E-state index is 5.95. The van der Waals surface area contributed by atoms with Crippen LogP contribution in [0.4, 0.5) is 0 Å². The molecule has 0 rings (SSSR count). The smallest absolute Gasteiger partial charge is 0.0167 e. The Labute approximate surface area is 77.1 Å². The lowest BCUT2D eigenvalue weighted by Gasteiger charge is -2.23. The summed E-state index contributed by atoms with van der Waals surface area (Å²) in [7, 11) is 0. The molecule has 2 nitrogen and oxygen atoms in total. The number of rotatable bonds is 7. The molecule has 0 amide bonds. The second kappa shape index (κ2) is 7.56. The second-order valence-electron chi connectivity index (χ2n) is 3.44. The van der Waals surface area contributed by atoms with Gasteiger partial charge in [-0.05, 0) is 25.9 Å². The lowest BCUT2D eigenvalue weighted by atomic mass is 10.1. The van der Waals surface area contributed by atoms with Crippen LogP contribution >= 0.6 is 0 Å². The molecule has 2 heteroatoms. The second-order valence-corrected chi connectivity index (χ2v) is 3.44. The highest BCUT2D eigenvalue weighted by Gasteiger charge is 2.06. The first-order valence-electron chi connectivity index (χ1n) is 5.22. The third-order valence-corrected chi connectivity index (χ3v) is 2.14. The van der Waals surface area contributed by atoms with Crippen molar-refractivity contribution < 1.29 is 0 Å². The van der Waals surface area contributed by atoms with E-state index in [1.807, 2.05) is 0 Å². The van der Waals surface area contributed by atoms with Crippen molar-refractivity contribution in [3.05, 3.63) is 0 Å². The van der Waals surface area contributed by atoms with Crippen LogP contribution in [0.25, 0.3) is 0 Å². The van der Waals surface area contributed by atoms with Crippen molar-refractivity contribution in [3.8, 4) is 0 Å². The molecule has 2 N–H and O–H groups in total. The van der Waals surface area contributed by atoms with Crippen LogP contribution < -0.4 is 5.73 Å². The largest absolute Gasteiger partial charge is 0.327 e. The van der Waals surface area contributed by atoms with Gasteiger partial charge in [0.25, 0.3) is 0 Å². The fraction of sp³-hybridized carbons (Fsp3) is 1.00. The molecule has 1 unspecified atom stereocenters. The van der Waals surface area contributed by atoms with Gasteiger partial charge in [0, 0.05) is 12.6 Å². The molecule has 0 fully saturated rings. The third-order valence-electron chi connectivity index (χ3n) is 2.14. The number of nitrogens with two attached hydrogens (primary N) is 1. The maximum absolute atomic E-state index is 5.95. The van der Waals surface area contributed by atoms with Crippen LogP contribution in [0.15, 0.2) is 0 Å². The number of hydrogen-bond donors (Lipinski definition) is 1. The Kier molecular flexibility index (Phi) is 7.51. The molecule has 0 spiro atoms. The molecular weight excluding hydrogens is 148 g/mol. The molecule has 12 heavy (non-hydrogen) atoms. The SMILES string of the molecule is CCCC(N)CN(CC)CCC. The van der Waals surface area contributed by atoms with E-state index in [0.29, 0.717) is 6.04 Å². The molecular formula is C10H24N2. The Morgan fingerprint density at radius 2 is 1.83 bits per heavy atom. The van der Waals surface area contributed by atoms with E-state index in [1.165, 1.54) is 19.4 Å². The van der Waals surface area contributed by atoms with E-state index in [-0.39, 0.29) is 0 Å². The first-order valence-corrected chi connectivity index (χ1v) is 5.22. The van der Waals surface area contributed by atoms with Gasteiger partial charge in [-0.1, -0.05) is 27.2 Å². The van der Waals surface area contributed by atoms with E-state index in [0.717, 1.165) is 19.5 Å². The summed E-state index contributed by atoms with van der Waals surface area (Å²) >= 11 is 0. The van der Waals surface area contributed by atoms with Gasteiger partial charge in [0.1, 0.15) is 0 Å². The zero-order valence-electron chi connectivity index (χ0n) is 8.84. The molecule has 0 radical (unpaired) electrons. The normalized spacial score (nSPS) is 13.8. The van der Waals surface area contributed by atoms with Gasteiger partial charge in [0.05, 0.1) is 0 Å². The first kappa shape index (κ1) is 11.9. The predicted octanol–water partition coefficient (Wildman–Crippen LogP) is 1.85. The van der Waals surface area contributed by atoms with Gasteiger partial charge in [-0.15, -0.1) is 0 Å². The van der Waals surface area contributed by atoms with Gasteiger partial charge in [-0.2, -0.15) is 0 Å². The summed E-state index contributed by atoms with van der Waals surface area (Å²) < 4.78 is 0. The van der Waals surface area contributed by atoms with Crippen molar-refractivity contribution in [3.63, 3.8) is 0 Å². The van der Waals surface area contributed by atoms with Crippen molar-refractivity contribution in [2.24, 2.45) is 5.73 Å². The topological polar surface area (TPSA) is 29.3 Å². The molecule has 0 saturated heterocycles. The summed E-state index contributed by atoms with van der Waals surface area (Å²) in [5.74, 6) is 0. The van der Waals surface area contributed by atoms with Gasteiger partial charge in [0.15, 0.2) is 0 Å². The summed E-state index contributed by atoms with van der Waals surface area (Å²) in [5, 5.41) is 0. The highest BCUT2D eigenvalue weighted by molar-refractivity contribution is 4.66. The zero-order chi connectivity index (χ0) is 9.40. The summed E-state index contributed by atoms with van der Waals surface area (Å²) in [4.78, 5) is 2.43. The van der Waals surface area contributed by atoms with E-state index in [2.05, 4.69) is 25.7 Å². The Bertz CT molecular complexity index is 93.8. The first-order chi connectivity index (χ1) is 5.74. The minimum Gasteiger partial charge on any atom is -0.327 e. The molecule has 1 atom stereocenters. The summed E-state index contributed by atoms with van der Waals surface area (Å²) in [5.41, 5.74) is 5.95. The molecule has 0 aliphatic heterocycles. The van der Waals surface area contributed by atoms with Crippen LogP contribution in [-0.4, -0.2) is 30.6 Å². The van der Waals surface area contributed by atoms with E-state index in [1.54, 1.807) is 0 Å². The van der Waals surface area contributed by atoms with Crippen LogP contribution in [-0.2, 0) is 0 Å². The minimum absolute atomic E-state index is 0.376. The van der Waals surface area contributed by atoms with Crippen LogP contribution in [0.5, 0.6) is 0 Å². The Balaban J connectivity index is 3.53. The minimum atomic E-state index is 0.376. The average Bonchev–Trinajstić information content (AvgIpc) is 2.04. The van der Waals surface area contributed by atoms with Crippen LogP contribution in [0, 0.1) is 0 Å². The lowest BCUT2D eigenvalue weighted by Crippen LogP contribution is -2.37. The Morgan fingerprint density at radius 3 is 2.25 bits per heavy atom. The van der Waals surface area contributed by atoms with Crippen molar-refractivity contribution in [1.29, 1.82) is 0 Å².